The van der Waals surface area contributed by atoms with Crippen LogP contribution < -0.4 is 10.9 Å². The summed E-state index contributed by atoms with van der Waals surface area (Å²) in [5, 5.41) is 23.5. The van der Waals surface area contributed by atoms with E-state index in [1.807, 2.05) is 17.1 Å². The van der Waals surface area contributed by atoms with Crippen molar-refractivity contribution < 1.29 is 19.4 Å². The third kappa shape index (κ3) is 2.93. The molecule has 4 atom stereocenters. The predicted molar refractivity (Wildman–Crippen MR) is 129 cm³/mol. The highest BCUT2D eigenvalue weighted by Crippen LogP contribution is 2.58. The first kappa shape index (κ1) is 21.5. The average molecular weight is 542 g/mol. The van der Waals surface area contributed by atoms with Gasteiger partial charge in [-0.25, -0.2) is 10.3 Å². The van der Waals surface area contributed by atoms with Gasteiger partial charge in [0, 0.05) is 37.7 Å². The van der Waals surface area contributed by atoms with E-state index in [0.717, 1.165) is 41.7 Å². The van der Waals surface area contributed by atoms with Crippen molar-refractivity contribution in [2.24, 2.45) is 10.3 Å². The van der Waals surface area contributed by atoms with E-state index >= 15 is 0 Å². The van der Waals surface area contributed by atoms with E-state index in [2.05, 4.69) is 63.2 Å². The average Bonchev–Trinajstić information content (AvgIpc) is 3.29. The van der Waals surface area contributed by atoms with E-state index in [1.54, 1.807) is 11.3 Å². The van der Waals surface area contributed by atoms with Crippen LogP contribution in [0.1, 0.15) is 30.0 Å². The molecule has 1 saturated carbocycles. The Hall–Kier alpha value is -3.02. The summed E-state index contributed by atoms with van der Waals surface area (Å²) >= 11 is 5.60. The molecule has 3 N–H and O–H groups in total. The summed E-state index contributed by atoms with van der Waals surface area (Å²) in [6.07, 6.45) is -0.612. The van der Waals surface area contributed by atoms with Gasteiger partial charge in [-0.2, -0.15) is 5.01 Å². The van der Waals surface area contributed by atoms with E-state index in [0.29, 0.717) is 6.42 Å². The fourth-order valence-corrected chi connectivity index (χ4v) is 7.04. The second-order valence-electron chi connectivity index (χ2n) is 8.71. The molecule has 2 aliphatic carbocycles. The number of carboxylic acids is 1. The van der Waals surface area contributed by atoms with Crippen molar-refractivity contribution in [2.75, 3.05) is 0 Å². The van der Waals surface area contributed by atoms with Crippen LogP contribution in [0.25, 0.3) is 20.5 Å². The van der Waals surface area contributed by atoms with Gasteiger partial charge in [-0.05, 0) is 41.4 Å². The molecule has 3 aromatic rings. The topological polar surface area (TPSA) is 116 Å². The van der Waals surface area contributed by atoms with E-state index in [4.69, 9.17) is 15.0 Å². The number of aliphatic carboxylic acids is 1. The van der Waals surface area contributed by atoms with Crippen LogP contribution >= 0.6 is 27.3 Å². The number of benzene rings is 2. The van der Waals surface area contributed by atoms with Gasteiger partial charge in [0.2, 0.25) is 5.66 Å². The van der Waals surface area contributed by atoms with E-state index in [1.165, 1.54) is 6.92 Å². The van der Waals surface area contributed by atoms with Crippen molar-refractivity contribution in [2.45, 2.75) is 44.1 Å². The maximum absolute atomic E-state index is 12.2. The number of aryl methyl sites for hydroxylation is 1. The number of carbonyl (C=O) groups excluding carboxylic acids is 1. The van der Waals surface area contributed by atoms with Gasteiger partial charge in [-0.1, -0.05) is 35.6 Å². The first-order valence-corrected chi connectivity index (χ1v) is 12.4. The monoisotopic (exact) mass is 541 g/mol. The Bertz CT molecular complexity index is 1410. The zero-order valence-corrected chi connectivity index (χ0v) is 20.6. The van der Waals surface area contributed by atoms with Crippen LogP contribution in [-0.4, -0.2) is 40.4 Å². The molecule has 34 heavy (non-hydrogen) atoms. The molecule has 1 aromatic heterocycles. The lowest BCUT2D eigenvalue weighted by atomic mass is 9.85. The molecule has 2 aromatic carbocycles. The molecule has 1 amide bonds. The fourth-order valence-electron chi connectivity index (χ4n) is 4.90. The number of hydrogen-bond donors (Lipinski definition) is 3. The first-order chi connectivity index (χ1) is 16.3. The normalized spacial score (nSPS) is 25.1. The molecule has 2 heterocycles. The Labute approximate surface area is 206 Å². The number of halogens is 1. The first-order valence-electron chi connectivity index (χ1n) is 10.8. The minimum Gasteiger partial charge on any atom is -0.480 e. The van der Waals surface area contributed by atoms with Crippen LogP contribution in [0.15, 0.2) is 51.2 Å². The molecule has 9 nitrogen and oxygen atoms in total. The van der Waals surface area contributed by atoms with Gasteiger partial charge >= 0.3 is 12.1 Å². The van der Waals surface area contributed by atoms with Crippen LogP contribution in [0, 0.1) is 6.92 Å². The zero-order chi connectivity index (χ0) is 23.8. The summed E-state index contributed by atoms with van der Waals surface area (Å²) in [7, 11) is 0. The molecule has 3 unspecified atom stereocenters. The Morgan fingerprint density at radius 3 is 2.94 bits per heavy atom. The number of hydrazine groups is 1. The number of hydrogen-bond acceptors (Lipinski definition) is 8. The third-order valence-electron chi connectivity index (χ3n) is 6.59. The fraction of sp³-hybridized carbons (Fsp3) is 0.304. The van der Waals surface area contributed by atoms with Crippen LogP contribution in [0.2, 0.25) is 0 Å². The molecule has 1 aliphatic heterocycles. The summed E-state index contributed by atoms with van der Waals surface area (Å²) in [5.41, 5.74) is 6.31. The zero-order valence-electron chi connectivity index (χ0n) is 18.2. The number of amides is 1. The van der Waals surface area contributed by atoms with Gasteiger partial charge in [-0.3, -0.25) is 4.79 Å². The Morgan fingerprint density at radius 1 is 1.35 bits per heavy atom. The van der Waals surface area contributed by atoms with Crippen molar-refractivity contribution in [3.05, 3.63) is 57.6 Å². The summed E-state index contributed by atoms with van der Waals surface area (Å²) in [6.45, 7) is 3.46. The van der Waals surface area contributed by atoms with Crippen LogP contribution in [-0.2, 0) is 15.2 Å². The number of thiophene rings is 1. The van der Waals surface area contributed by atoms with Gasteiger partial charge in [0.1, 0.15) is 12.1 Å². The van der Waals surface area contributed by atoms with Gasteiger partial charge in [0.25, 0.3) is 0 Å². The Balaban J connectivity index is 1.43. The van der Waals surface area contributed by atoms with E-state index in [-0.39, 0.29) is 6.04 Å². The number of carbonyl (C=O) groups is 2. The molecular formula is C23H20BrN5O4S. The SMILES string of the molecule is Cc1ccc2sc3c(Br)c2c1C1(N=NNN1C1CC1OC(=O)N[C@@H](C)C(=O)O)c1ccccc1-3. The highest BCUT2D eigenvalue weighted by molar-refractivity contribution is 9.10. The molecule has 174 valence electrons. The molecule has 1 spiro atoms. The van der Waals surface area contributed by atoms with E-state index in [9.17, 15) is 9.59 Å². The molecule has 0 saturated heterocycles. The maximum atomic E-state index is 12.2. The number of carboxylic acid groups (broad SMARTS) is 1. The standard InChI is InChI=1S/C23H20BrN5O4S/c1-10-7-8-16-17-18(10)23(13-6-4-3-5-12(13)20(34-16)19(17)24)26-27-28-29(23)14-9-15(14)33-22(32)25-11(2)21(30)31/h3-8,11,14-15H,9H2,1-2H3,(H,25,32)(H,26,28)(H,30,31)/t11-,14?,15?,23?/m0/s1. The second-order valence-corrected chi connectivity index (χ2v) is 10.6. The van der Waals surface area contributed by atoms with Crippen LogP contribution in [0.5, 0.6) is 0 Å². The second kappa shape index (κ2) is 7.49. The number of fused-ring (bicyclic) bond motifs is 5. The molecule has 1 fully saturated rings. The number of rotatable bonds is 4. The highest BCUT2D eigenvalue weighted by atomic mass is 79.9. The van der Waals surface area contributed by atoms with Gasteiger partial charge in [0.15, 0.2) is 0 Å². The number of ether oxygens (including phenoxy) is 1. The Morgan fingerprint density at radius 2 is 2.15 bits per heavy atom. The molecule has 0 radical (unpaired) electrons. The van der Waals surface area contributed by atoms with E-state index < -0.39 is 29.9 Å². The number of nitrogens with one attached hydrogen (secondary N) is 2. The largest absolute Gasteiger partial charge is 0.480 e. The Kier molecular flexibility index (Phi) is 4.74. The summed E-state index contributed by atoms with van der Waals surface area (Å²) in [4.78, 5) is 24.4. The highest BCUT2D eigenvalue weighted by Gasteiger charge is 2.59. The maximum Gasteiger partial charge on any atom is 0.408 e. The van der Waals surface area contributed by atoms with Gasteiger partial charge < -0.3 is 15.2 Å². The molecule has 3 aliphatic rings. The number of nitrogens with zero attached hydrogens (tertiary/aromatic N) is 3. The lowest BCUT2D eigenvalue weighted by molar-refractivity contribution is -0.138. The minimum absolute atomic E-state index is 0.197. The van der Waals surface area contributed by atoms with Crippen LogP contribution in [0.4, 0.5) is 4.79 Å². The van der Waals surface area contributed by atoms with Crippen molar-refractivity contribution in [3.8, 4) is 10.4 Å². The van der Waals surface area contributed by atoms with Crippen molar-refractivity contribution >= 4 is 49.4 Å². The van der Waals surface area contributed by atoms with Gasteiger partial charge in [0.05, 0.1) is 10.9 Å². The minimum atomic E-state index is -1.12. The molecule has 11 heteroatoms. The van der Waals surface area contributed by atoms with Crippen molar-refractivity contribution in [1.29, 1.82) is 0 Å². The third-order valence-corrected chi connectivity index (χ3v) is 8.84. The molecule has 2 bridgehead atoms. The predicted octanol–water partition coefficient (Wildman–Crippen LogP) is 4.68. The van der Waals surface area contributed by atoms with Crippen molar-refractivity contribution in [1.82, 2.24) is 15.9 Å². The molecule has 6 rings (SSSR count). The summed E-state index contributed by atoms with van der Waals surface area (Å²) in [5.74, 6) is -1.12. The van der Waals surface area contributed by atoms with Gasteiger partial charge in [-0.15, -0.1) is 16.5 Å². The molecular weight excluding hydrogens is 522 g/mol. The lowest BCUT2D eigenvalue weighted by Crippen LogP contribution is -2.50. The van der Waals surface area contributed by atoms with Crippen LogP contribution in [0.3, 0.4) is 0 Å². The summed E-state index contributed by atoms with van der Waals surface area (Å²) < 4.78 is 7.73. The van der Waals surface area contributed by atoms with Crippen molar-refractivity contribution in [3.63, 3.8) is 0 Å². The summed E-state index contributed by atoms with van der Waals surface area (Å²) in [6, 6.07) is 11.2. The number of alkyl carbamates (subject to hydrolysis) is 1. The smallest absolute Gasteiger partial charge is 0.408 e. The lowest BCUT2D eigenvalue weighted by Gasteiger charge is -2.37. The quantitative estimate of drug-likeness (QED) is 0.441.